The molecule has 0 radical (unpaired) electrons. The van der Waals surface area contributed by atoms with E-state index in [1.54, 1.807) is 18.4 Å². The van der Waals surface area contributed by atoms with Gasteiger partial charge < -0.3 is 14.7 Å². The van der Waals surface area contributed by atoms with Crippen molar-refractivity contribution in [3.05, 3.63) is 24.3 Å². The minimum atomic E-state index is -0.203. The van der Waals surface area contributed by atoms with Crippen LogP contribution in [-0.2, 0) is 0 Å². The number of hydrogen-bond acceptors (Lipinski definition) is 5. The molecule has 74 valence electrons. The van der Waals surface area contributed by atoms with Gasteiger partial charge in [-0.1, -0.05) is 12.1 Å². The van der Waals surface area contributed by atoms with E-state index in [2.05, 4.69) is 10.1 Å². The molecule has 0 aliphatic carbocycles. The molecular weight excluding hydrogens is 182 g/mol. The first kappa shape index (κ1) is 8.96. The quantitative estimate of drug-likeness (QED) is 0.803. The third-order valence-corrected chi connectivity index (χ3v) is 1.94. The number of aromatic nitrogens is 2. The summed E-state index contributed by atoms with van der Waals surface area (Å²) in [6.45, 7) is 1.96. The third kappa shape index (κ3) is 1.54. The molecule has 0 aromatic carbocycles. The van der Waals surface area contributed by atoms with Gasteiger partial charge in [0, 0.05) is 0 Å². The molecule has 2 rings (SSSR count). The van der Waals surface area contributed by atoms with Gasteiger partial charge in [-0.2, -0.15) is 4.98 Å². The van der Waals surface area contributed by atoms with Crippen molar-refractivity contribution in [2.24, 2.45) is 5.73 Å². The van der Waals surface area contributed by atoms with E-state index in [-0.39, 0.29) is 6.04 Å². The average molecular weight is 193 g/mol. The third-order valence-electron chi connectivity index (χ3n) is 1.94. The Morgan fingerprint density at radius 3 is 3.07 bits per heavy atom. The van der Waals surface area contributed by atoms with Crippen molar-refractivity contribution in [2.45, 2.75) is 19.4 Å². The van der Waals surface area contributed by atoms with Crippen molar-refractivity contribution in [3.8, 4) is 11.6 Å². The van der Waals surface area contributed by atoms with Crippen molar-refractivity contribution >= 4 is 0 Å². The lowest BCUT2D eigenvalue weighted by molar-refractivity contribution is 0.351. The van der Waals surface area contributed by atoms with Crippen LogP contribution >= 0.6 is 0 Å². The monoisotopic (exact) mass is 193 g/mol. The summed E-state index contributed by atoms with van der Waals surface area (Å²) in [4.78, 5) is 4.13. The van der Waals surface area contributed by atoms with Crippen molar-refractivity contribution in [1.82, 2.24) is 10.1 Å². The van der Waals surface area contributed by atoms with Gasteiger partial charge in [0.25, 0.3) is 0 Å². The maximum Gasteiger partial charge on any atom is 0.243 e. The molecule has 0 unspecified atom stereocenters. The van der Waals surface area contributed by atoms with E-state index >= 15 is 0 Å². The Hall–Kier alpha value is -1.62. The van der Waals surface area contributed by atoms with Crippen molar-refractivity contribution in [2.75, 3.05) is 0 Å². The molecule has 0 aliphatic rings. The lowest BCUT2D eigenvalue weighted by Crippen LogP contribution is -2.08. The second-order valence-corrected chi connectivity index (χ2v) is 2.95. The largest absolute Gasteiger partial charge is 0.461 e. The van der Waals surface area contributed by atoms with Crippen LogP contribution in [0.2, 0.25) is 0 Å². The number of nitrogens with zero attached hydrogens (tertiary/aromatic N) is 2. The van der Waals surface area contributed by atoms with Crippen LogP contribution in [0, 0.1) is 0 Å². The van der Waals surface area contributed by atoms with Gasteiger partial charge in [-0.15, -0.1) is 0 Å². The Balaban J connectivity index is 2.26. The maximum atomic E-state index is 5.73. The Morgan fingerprint density at radius 1 is 1.57 bits per heavy atom. The predicted octanol–water partition coefficient (Wildman–Crippen LogP) is 1.74. The minimum Gasteiger partial charge on any atom is -0.461 e. The SMILES string of the molecule is CC[C@@H](N)c1nc(-c2ccco2)no1. The highest BCUT2D eigenvalue weighted by atomic mass is 16.5. The fraction of sp³-hybridized carbons (Fsp3) is 0.333. The second kappa shape index (κ2) is 3.63. The molecule has 14 heavy (non-hydrogen) atoms. The van der Waals surface area contributed by atoms with Gasteiger partial charge in [0.05, 0.1) is 12.3 Å². The highest BCUT2D eigenvalue weighted by Crippen LogP contribution is 2.18. The van der Waals surface area contributed by atoms with E-state index in [0.717, 1.165) is 6.42 Å². The zero-order chi connectivity index (χ0) is 9.97. The van der Waals surface area contributed by atoms with Crippen LogP contribution in [-0.4, -0.2) is 10.1 Å². The van der Waals surface area contributed by atoms with E-state index < -0.39 is 0 Å². The fourth-order valence-electron chi connectivity index (χ4n) is 1.07. The molecule has 2 aromatic rings. The van der Waals surface area contributed by atoms with Crippen LogP contribution in [0.4, 0.5) is 0 Å². The molecule has 0 fully saturated rings. The number of furan rings is 1. The second-order valence-electron chi connectivity index (χ2n) is 2.95. The van der Waals surface area contributed by atoms with Gasteiger partial charge in [-0.3, -0.25) is 0 Å². The average Bonchev–Trinajstić information content (AvgIpc) is 2.86. The fourth-order valence-corrected chi connectivity index (χ4v) is 1.07. The van der Waals surface area contributed by atoms with E-state index in [1.807, 2.05) is 6.92 Å². The summed E-state index contributed by atoms with van der Waals surface area (Å²) in [7, 11) is 0. The topological polar surface area (TPSA) is 78.1 Å². The van der Waals surface area contributed by atoms with E-state index in [0.29, 0.717) is 17.5 Å². The molecule has 0 bridgehead atoms. The molecule has 5 nitrogen and oxygen atoms in total. The lowest BCUT2D eigenvalue weighted by Gasteiger charge is -1.98. The molecule has 0 amide bonds. The van der Waals surface area contributed by atoms with E-state index in [1.165, 1.54) is 0 Å². The first-order valence-corrected chi connectivity index (χ1v) is 4.44. The smallest absolute Gasteiger partial charge is 0.243 e. The zero-order valence-electron chi connectivity index (χ0n) is 7.80. The zero-order valence-corrected chi connectivity index (χ0v) is 7.80. The molecule has 2 aromatic heterocycles. The van der Waals surface area contributed by atoms with Gasteiger partial charge in [0.15, 0.2) is 5.76 Å². The van der Waals surface area contributed by atoms with Crippen molar-refractivity contribution < 1.29 is 8.94 Å². The Kier molecular flexibility index (Phi) is 2.32. The number of hydrogen-bond donors (Lipinski definition) is 1. The van der Waals surface area contributed by atoms with Gasteiger partial charge in [0.1, 0.15) is 0 Å². The molecule has 2 heterocycles. The van der Waals surface area contributed by atoms with Crippen LogP contribution in [0.1, 0.15) is 25.3 Å². The molecule has 2 N–H and O–H groups in total. The lowest BCUT2D eigenvalue weighted by atomic mass is 10.2. The summed E-state index contributed by atoms with van der Waals surface area (Å²) >= 11 is 0. The van der Waals surface area contributed by atoms with Gasteiger partial charge in [-0.05, 0) is 18.6 Å². The Bertz CT molecular complexity index is 394. The van der Waals surface area contributed by atoms with Crippen LogP contribution < -0.4 is 5.73 Å². The normalized spacial score (nSPS) is 13.0. The predicted molar refractivity (Wildman–Crippen MR) is 49.2 cm³/mol. The van der Waals surface area contributed by atoms with Crippen molar-refractivity contribution in [3.63, 3.8) is 0 Å². The Morgan fingerprint density at radius 2 is 2.43 bits per heavy atom. The molecule has 0 saturated carbocycles. The Labute approximate surface area is 80.9 Å². The van der Waals surface area contributed by atoms with E-state index in [4.69, 9.17) is 14.7 Å². The summed E-state index contributed by atoms with van der Waals surface area (Å²) in [5.74, 6) is 1.47. The number of rotatable bonds is 3. The molecular formula is C9H11N3O2. The summed E-state index contributed by atoms with van der Waals surface area (Å²) in [6, 6.07) is 3.34. The number of nitrogens with two attached hydrogens (primary N) is 1. The standard InChI is InChI=1S/C9H11N3O2/c1-2-6(10)9-11-8(12-14-9)7-4-3-5-13-7/h3-6H,2,10H2,1H3/t6-/m1/s1. The summed E-state index contributed by atoms with van der Waals surface area (Å²) in [5.41, 5.74) is 5.73. The summed E-state index contributed by atoms with van der Waals surface area (Å²) in [6.07, 6.45) is 2.32. The molecule has 0 aliphatic heterocycles. The highest BCUT2D eigenvalue weighted by molar-refractivity contribution is 5.44. The maximum absolute atomic E-state index is 5.73. The van der Waals surface area contributed by atoms with Crippen LogP contribution in [0.3, 0.4) is 0 Å². The molecule has 5 heteroatoms. The minimum absolute atomic E-state index is 0.203. The van der Waals surface area contributed by atoms with Gasteiger partial charge >= 0.3 is 0 Å². The van der Waals surface area contributed by atoms with Gasteiger partial charge in [0.2, 0.25) is 11.7 Å². The van der Waals surface area contributed by atoms with Crippen LogP contribution in [0.5, 0.6) is 0 Å². The van der Waals surface area contributed by atoms with Gasteiger partial charge in [-0.25, -0.2) is 0 Å². The van der Waals surface area contributed by atoms with Crippen LogP contribution in [0.25, 0.3) is 11.6 Å². The van der Waals surface area contributed by atoms with Crippen LogP contribution in [0.15, 0.2) is 27.3 Å². The molecule has 0 spiro atoms. The first-order chi connectivity index (χ1) is 6.81. The van der Waals surface area contributed by atoms with Crippen molar-refractivity contribution in [1.29, 1.82) is 0 Å². The van der Waals surface area contributed by atoms with E-state index in [9.17, 15) is 0 Å². The summed E-state index contributed by atoms with van der Waals surface area (Å²) in [5, 5.41) is 3.77. The molecule has 1 atom stereocenters. The molecule has 0 saturated heterocycles. The summed E-state index contributed by atoms with van der Waals surface area (Å²) < 4.78 is 10.1. The first-order valence-electron chi connectivity index (χ1n) is 4.44. The highest BCUT2D eigenvalue weighted by Gasteiger charge is 2.14.